The highest BCUT2D eigenvalue weighted by molar-refractivity contribution is 5.69. The van der Waals surface area contributed by atoms with E-state index in [1.165, 1.54) is 12.4 Å². The summed E-state index contributed by atoms with van der Waals surface area (Å²) in [6.45, 7) is 3.49. The number of epoxide rings is 1. The van der Waals surface area contributed by atoms with Crippen molar-refractivity contribution in [3.63, 3.8) is 0 Å². The maximum absolute atomic E-state index is 13.8. The predicted molar refractivity (Wildman–Crippen MR) is 164 cm³/mol. The number of aliphatic hydroxyl groups is 1. The Kier molecular flexibility index (Phi) is 9.56. The van der Waals surface area contributed by atoms with Gasteiger partial charge in [0, 0.05) is 61.4 Å². The molecule has 0 radical (unpaired) electrons. The second-order valence-corrected chi connectivity index (χ2v) is 13.1. The van der Waals surface area contributed by atoms with Crippen LogP contribution in [-0.2, 0) is 35.4 Å². The lowest BCUT2D eigenvalue weighted by molar-refractivity contribution is -0.143. The Balaban J connectivity index is 1.29. The molecule has 1 aromatic carbocycles. The van der Waals surface area contributed by atoms with E-state index in [0.717, 1.165) is 17.7 Å². The SMILES string of the molecule is CC[C@@H]1CC(N(Cc2cc(C(F)(F)F)cc(C(F)(F)F)c2)c2ncc(-c3cnn(C)c3)cn2)C[C@H](CC)N1C(=O)OC1CC(C2OC2O)C1. The first-order valence-electron chi connectivity index (χ1n) is 16.3. The second-order valence-electron chi connectivity index (χ2n) is 13.1. The summed E-state index contributed by atoms with van der Waals surface area (Å²) in [4.78, 5) is 26.0. The van der Waals surface area contributed by atoms with E-state index in [-0.39, 0.29) is 54.3 Å². The van der Waals surface area contributed by atoms with Crippen molar-refractivity contribution < 1.29 is 45.7 Å². The Bertz CT molecular complexity index is 1580. The summed E-state index contributed by atoms with van der Waals surface area (Å²) >= 11 is 0. The molecule has 2 aromatic heterocycles. The number of alkyl halides is 6. The molecule has 6 rings (SSSR count). The fourth-order valence-electron chi connectivity index (χ4n) is 7.02. The van der Waals surface area contributed by atoms with Gasteiger partial charge in [0.05, 0.1) is 17.3 Å². The monoisotopic (exact) mass is 696 g/mol. The molecule has 3 aliphatic rings. The molecule has 2 aliphatic heterocycles. The number of carbonyl (C=O) groups excluding carboxylic acids is 1. The number of anilines is 1. The van der Waals surface area contributed by atoms with Crippen molar-refractivity contribution in [1.82, 2.24) is 24.6 Å². The number of halogens is 6. The minimum absolute atomic E-state index is 0.113. The summed E-state index contributed by atoms with van der Waals surface area (Å²) in [5, 5.41) is 13.7. The zero-order valence-electron chi connectivity index (χ0n) is 27.2. The van der Waals surface area contributed by atoms with Crippen molar-refractivity contribution in [1.29, 1.82) is 0 Å². The van der Waals surface area contributed by atoms with Crippen LogP contribution >= 0.6 is 0 Å². The van der Waals surface area contributed by atoms with Crippen LogP contribution in [0.2, 0.25) is 0 Å². The molecule has 3 unspecified atom stereocenters. The second kappa shape index (κ2) is 13.4. The number of carbonyl (C=O) groups is 1. The van der Waals surface area contributed by atoms with Crippen LogP contribution in [0.1, 0.15) is 69.1 Å². The van der Waals surface area contributed by atoms with Gasteiger partial charge in [-0.3, -0.25) is 4.68 Å². The number of hydrogen-bond donors (Lipinski definition) is 1. The number of hydrogen-bond acceptors (Lipinski definition) is 8. The van der Waals surface area contributed by atoms with Gasteiger partial charge >= 0.3 is 18.4 Å². The van der Waals surface area contributed by atoms with Crippen molar-refractivity contribution in [3.8, 4) is 11.1 Å². The van der Waals surface area contributed by atoms with E-state index in [9.17, 15) is 36.2 Å². The zero-order chi connectivity index (χ0) is 35.2. The number of ether oxygens (including phenoxy) is 2. The van der Waals surface area contributed by atoms with Gasteiger partial charge in [-0.1, -0.05) is 13.8 Å². The lowest BCUT2D eigenvalue weighted by atomic mass is 9.80. The van der Waals surface area contributed by atoms with Crippen LogP contribution in [0.3, 0.4) is 0 Å². The Labute approximate surface area is 279 Å². The van der Waals surface area contributed by atoms with Crippen LogP contribution in [0.15, 0.2) is 43.0 Å². The van der Waals surface area contributed by atoms with E-state index >= 15 is 0 Å². The van der Waals surface area contributed by atoms with Gasteiger partial charge in [0.2, 0.25) is 5.95 Å². The molecule has 10 nitrogen and oxygen atoms in total. The third-order valence-corrected chi connectivity index (χ3v) is 9.77. The van der Waals surface area contributed by atoms with Crippen molar-refractivity contribution in [3.05, 3.63) is 59.7 Å². The molecule has 49 heavy (non-hydrogen) atoms. The van der Waals surface area contributed by atoms with Crippen molar-refractivity contribution in [2.45, 2.75) is 108 Å². The Morgan fingerprint density at radius 1 is 0.939 bits per heavy atom. The fourth-order valence-corrected chi connectivity index (χ4v) is 7.02. The third-order valence-electron chi connectivity index (χ3n) is 9.77. The number of benzene rings is 1. The molecule has 2 saturated heterocycles. The minimum atomic E-state index is -5.00. The number of nitrogens with zero attached hydrogens (tertiary/aromatic N) is 6. The first-order chi connectivity index (χ1) is 23.1. The van der Waals surface area contributed by atoms with Crippen LogP contribution in [0.5, 0.6) is 0 Å². The van der Waals surface area contributed by atoms with E-state index in [2.05, 4.69) is 15.1 Å². The molecular formula is C33H38F6N6O4. The van der Waals surface area contributed by atoms with Crippen LogP contribution in [-0.4, -0.2) is 72.5 Å². The number of piperidine rings is 1. The molecule has 1 saturated carbocycles. The third kappa shape index (κ3) is 7.64. The van der Waals surface area contributed by atoms with Crippen molar-refractivity contribution >= 4 is 12.0 Å². The first kappa shape index (κ1) is 34.9. The zero-order valence-corrected chi connectivity index (χ0v) is 27.2. The normalized spacial score (nSPS) is 27.1. The molecule has 1 aliphatic carbocycles. The molecule has 3 aromatic rings. The average Bonchev–Trinajstić information content (AvgIpc) is 3.59. The number of amides is 1. The highest BCUT2D eigenvalue weighted by Gasteiger charge is 2.51. The highest BCUT2D eigenvalue weighted by Crippen LogP contribution is 2.43. The summed E-state index contributed by atoms with van der Waals surface area (Å²) in [5.41, 5.74) is -1.64. The molecule has 0 spiro atoms. The molecular weight excluding hydrogens is 658 g/mol. The largest absolute Gasteiger partial charge is 0.446 e. The van der Waals surface area contributed by atoms with Crippen LogP contribution in [0.25, 0.3) is 11.1 Å². The van der Waals surface area contributed by atoms with Gasteiger partial charge in [0.1, 0.15) is 12.2 Å². The minimum Gasteiger partial charge on any atom is -0.446 e. The van der Waals surface area contributed by atoms with Gasteiger partial charge < -0.3 is 24.4 Å². The fraction of sp³-hybridized carbons (Fsp3) is 0.576. The van der Waals surface area contributed by atoms with Gasteiger partial charge in [0.15, 0.2) is 6.29 Å². The molecule has 5 atom stereocenters. The lowest BCUT2D eigenvalue weighted by Gasteiger charge is -2.48. The molecule has 1 amide bonds. The number of rotatable bonds is 9. The summed E-state index contributed by atoms with van der Waals surface area (Å²) in [6, 6.07) is 0.473. The van der Waals surface area contributed by atoms with Crippen LogP contribution in [0, 0.1) is 5.92 Å². The van der Waals surface area contributed by atoms with Crippen molar-refractivity contribution in [2.75, 3.05) is 4.90 Å². The van der Waals surface area contributed by atoms with E-state index < -0.39 is 41.9 Å². The Morgan fingerprint density at radius 2 is 1.51 bits per heavy atom. The van der Waals surface area contributed by atoms with Gasteiger partial charge in [-0.15, -0.1) is 0 Å². The summed E-state index contributed by atoms with van der Waals surface area (Å²) in [7, 11) is 1.75. The quantitative estimate of drug-likeness (QED) is 0.198. The van der Waals surface area contributed by atoms with E-state index in [4.69, 9.17) is 9.47 Å². The van der Waals surface area contributed by atoms with Crippen LogP contribution < -0.4 is 4.90 Å². The number of aromatic nitrogens is 4. The van der Waals surface area contributed by atoms with Gasteiger partial charge in [-0.25, -0.2) is 14.8 Å². The number of aryl methyl sites for hydroxylation is 1. The molecule has 4 heterocycles. The summed E-state index contributed by atoms with van der Waals surface area (Å²) in [5.74, 6) is 0.267. The maximum atomic E-state index is 13.8. The topological polar surface area (TPSA) is 109 Å². The Hall–Kier alpha value is -3.92. The van der Waals surface area contributed by atoms with Crippen molar-refractivity contribution in [2.24, 2.45) is 13.0 Å². The van der Waals surface area contributed by atoms with Gasteiger partial charge in [0.25, 0.3) is 0 Å². The van der Waals surface area contributed by atoms with Gasteiger partial charge in [-0.05, 0) is 68.2 Å². The van der Waals surface area contributed by atoms with E-state index in [1.54, 1.807) is 33.9 Å². The number of likely N-dealkylation sites (tertiary alicyclic amines) is 1. The molecule has 3 fully saturated rings. The highest BCUT2D eigenvalue weighted by atomic mass is 19.4. The standard InChI is InChI=1S/C33H38F6N6O4/c1-4-24-11-26(12-25(5-2)45(24)31(47)48-27-8-19(9-27)28-29(46)49-28)44(30-40-13-20(14-41-30)21-15-42-43(3)17-21)16-18-6-22(32(34,35)36)10-23(7-18)33(37,38)39/h6-7,10,13-15,17,19,24-29,46H,4-5,8-9,11-12,16H2,1-3H3/t19?,24-,25+,26?,27?,28?,29?. The average molecular weight is 697 g/mol. The summed E-state index contributed by atoms with van der Waals surface area (Å²) in [6.07, 6.45) is -2.30. The molecule has 1 N–H and O–H groups in total. The van der Waals surface area contributed by atoms with Gasteiger partial charge in [-0.2, -0.15) is 31.4 Å². The van der Waals surface area contributed by atoms with Crippen LogP contribution in [0.4, 0.5) is 37.1 Å². The smallest absolute Gasteiger partial charge is 0.416 e. The number of aliphatic hydroxyl groups excluding tert-OH is 1. The maximum Gasteiger partial charge on any atom is 0.416 e. The summed E-state index contributed by atoms with van der Waals surface area (Å²) < 4.78 is 95.3. The lowest BCUT2D eigenvalue weighted by Crippen LogP contribution is -2.57. The Morgan fingerprint density at radius 3 is 1.98 bits per heavy atom. The first-order valence-corrected chi connectivity index (χ1v) is 16.3. The molecule has 0 bridgehead atoms. The molecule has 266 valence electrons. The van der Waals surface area contributed by atoms with E-state index in [0.29, 0.717) is 44.1 Å². The predicted octanol–water partition coefficient (Wildman–Crippen LogP) is 6.58. The van der Waals surface area contributed by atoms with E-state index in [1.807, 2.05) is 13.8 Å². The molecule has 16 heteroatoms.